The highest BCUT2D eigenvalue weighted by atomic mass is 32.2. The number of alkyl halides is 17. The molecule has 0 saturated carbocycles. The van der Waals surface area contributed by atoms with E-state index in [4.69, 9.17) is 5.11 Å². The lowest BCUT2D eigenvalue weighted by Gasteiger charge is -2.42. The minimum atomic E-state index is -8.94. The number of halogens is 17. The molecule has 23 heteroatoms. The summed E-state index contributed by atoms with van der Waals surface area (Å²) >= 11 is 0. The third-order valence-electron chi connectivity index (χ3n) is 3.79. The van der Waals surface area contributed by atoms with Gasteiger partial charge in [0, 0.05) is 7.05 Å². The van der Waals surface area contributed by atoms with Crippen molar-refractivity contribution in [2.45, 2.75) is 47.0 Å². The summed E-state index contributed by atoms with van der Waals surface area (Å²) in [7, 11) is -7.95. The van der Waals surface area contributed by atoms with E-state index in [-0.39, 0.29) is 7.05 Å². The quantitative estimate of drug-likeness (QED) is 0.312. The monoisotopic (exact) mass is 574 g/mol. The zero-order valence-electron chi connectivity index (χ0n) is 15.2. The topological polar surface area (TPSA) is 74.7 Å². The molecule has 5 nitrogen and oxygen atoms in total. The van der Waals surface area contributed by atoms with Crippen molar-refractivity contribution >= 4 is 16.0 Å². The summed E-state index contributed by atoms with van der Waals surface area (Å²) in [6.45, 7) is -2.29. The number of carboxylic acid groups (broad SMARTS) is 1. The van der Waals surface area contributed by atoms with Gasteiger partial charge in [0.2, 0.25) is 0 Å². The van der Waals surface area contributed by atoms with Crippen LogP contribution in [0.4, 0.5) is 74.6 Å². The molecule has 0 aromatic heterocycles. The number of nitrogens with zero attached hydrogens (tertiary/aromatic N) is 1. The van der Waals surface area contributed by atoms with Crippen LogP contribution >= 0.6 is 0 Å². The lowest BCUT2D eigenvalue weighted by Crippen LogP contribution is -2.75. The average Bonchev–Trinajstić information content (AvgIpc) is 2.58. The third kappa shape index (κ3) is 4.00. The van der Waals surface area contributed by atoms with Crippen LogP contribution < -0.4 is 0 Å². The van der Waals surface area contributed by atoms with Gasteiger partial charge in [0.05, 0.1) is 0 Å². The van der Waals surface area contributed by atoms with Crippen molar-refractivity contribution in [2.24, 2.45) is 0 Å². The first-order valence-electron chi connectivity index (χ1n) is 7.23. The first-order valence-corrected chi connectivity index (χ1v) is 8.67. The summed E-state index contributed by atoms with van der Waals surface area (Å²) < 4.78 is 243. The van der Waals surface area contributed by atoms with Gasteiger partial charge in [-0.3, -0.25) is 4.79 Å². The van der Waals surface area contributed by atoms with E-state index in [1.807, 2.05) is 0 Å². The number of carboxylic acids is 1. The second-order valence-electron chi connectivity index (χ2n) is 6.12. The minimum absolute atomic E-state index is 0.379. The average molecular weight is 574 g/mol. The van der Waals surface area contributed by atoms with Crippen LogP contribution in [-0.2, 0) is 14.8 Å². The molecule has 0 rings (SSSR count). The van der Waals surface area contributed by atoms with E-state index in [2.05, 4.69) is 0 Å². The van der Waals surface area contributed by atoms with Crippen LogP contribution in [0.2, 0.25) is 0 Å². The van der Waals surface area contributed by atoms with E-state index in [0.717, 1.165) is 0 Å². The zero-order chi connectivity index (χ0) is 28.4. The number of sulfonamides is 1. The first kappa shape index (κ1) is 32.2. The highest BCUT2D eigenvalue weighted by Crippen LogP contribution is 2.64. The van der Waals surface area contributed by atoms with Crippen molar-refractivity contribution < 1.29 is 93.0 Å². The number of hydrogen-bond acceptors (Lipinski definition) is 3. The Kier molecular flexibility index (Phi) is 7.68. The lowest BCUT2D eigenvalue weighted by molar-refractivity contribution is -0.458. The van der Waals surface area contributed by atoms with Crippen LogP contribution in [0.5, 0.6) is 0 Å². The Hall–Kier alpha value is -1.81. The molecule has 0 spiro atoms. The molecule has 0 aliphatic carbocycles. The Balaban J connectivity index is 6.98. The van der Waals surface area contributed by atoms with Gasteiger partial charge >= 0.3 is 52.9 Å². The molecule has 0 aliphatic heterocycles. The van der Waals surface area contributed by atoms with Crippen LogP contribution in [-0.4, -0.2) is 84.4 Å². The molecule has 0 amide bonds. The standard InChI is InChI=1S/C11H6F17NO4S/c1-29(2-3(30)31)34(32,33)11(27,28)9(22,23)7(18,19)5(14,15)4(12,13)6(16,17)8(20,21)10(24,25)26/h2H2,1H3,(H,30,31)/i1+1,2+1,3+1. The number of aliphatic carboxylic acids is 1. The molecule has 204 valence electrons. The maximum atomic E-state index is 13.7. The number of likely N-dealkylation sites (N-methyl/N-ethyl adjacent to an activating group) is 1. The van der Waals surface area contributed by atoms with Crippen LogP contribution in [0.1, 0.15) is 0 Å². The smallest absolute Gasteiger partial charge is 0.460 e. The van der Waals surface area contributed by atoms with Gasteiger partial charge in [0.1, 0.15) is 6.54 Å². The fraction of sp³-hybridized carbons (Fsp3) is 0.909. The molecule has 0 fully saturated rings. The highest BCUT2D eigenvalue weighted by Gasteiger charge is 2.96. The van der Waals surface area contributed by atoms with E-state index in [1.165, 1.54) is 0 Å². The van der Waals surface area contributed by atoms with Crippen LogP contribution in [0.3, 0.4) is 0 Å². The van der Waals surface area contributed by atoms with E-state index < -0.39 is 73.8 Å². The lowest BCUT2D eigenvalue weighted by atomic mass is 9.91. The van der Waals surface area contributed by atoms with Gasteiger partial charge in [-0.1, -0.05) is 0 Å². The minimum Gasteiger partial charge on any atom is -0.480 e. The Morgan fingerprint density at radius 1 is 0.618 bits per heavy atom. The van der Waals surface area contributed by atoms with Gasteiger partial charge in [0.25, 0.3) is 10.0 Å². The maximum Gasteiger partial charge on any atom is 0.460 e. The van der Waals surface area contributed by atoms with Crippen molar-refractivity contribution in [3.05, 3.63) is 0 Å². The van der Waals surface area contributed by atoms with E-state index >= 15 is 0 Å². The Bertz CT molecular complexity index is 894. The molecular weight excluding hydrogens is 568 g/mol. The van der Waals surface area contributed by atoms with E-state index in [1.54, 1.807) is 0 Å². The van der Waals surface area contributed by atoms with Gasteiger partial charge in [-0.2, -0.15) is 78.9 Å². The molecule has 1 N–H and O–H groups in total. The highest BCUT2D eigenvalue weighted by molar-refractivity contribution is 7.90. The maximum absolute atomic E-state index is 13.7. The SMILES string of the molecule is [13CH3]N([13CH2][13C](=O)O)S(=O)(=O)C(F)(F)C(F)(F)C(F)(F)C(F)(F)C(F)(F)C(F)(F)C(F)(F)C(F)(F)F. The summed E-state index contributed by atoms with van der Waals surface area (Å²) in [4.78, 5) is 10.3. The first-order chi connectivity index (χ1) is 14.3. The molecule has 0 unspecified atom stereocenters. The number of rotatable bonds is 10. The van der Waals surface area contributed by atoms with Gasteiger partial charge < -0.3 is 5.11 Å². The number of hydrogen-bond donors (Lipinski definition) is 1. The molecule has 0 bridgehead atoms. The largest absolute Gasteiger partial charge is 0.480 e. The fourth-order valence-corrected chi connectivity index (χ4v) is 2.91. The summed E-state index contributed by atoms with van der Waals surface area (Å²) in [5, 5.41) is 0.422. The second kappa shape index (κ2) is 8.11. The van der Waals surface area contributed by atoms with Crippen molar-refractivity contribution in [2.75, 3.05) is 13.6 Å². The Morgan fingerprint density at radius 2 is 0.882 bits per heavy atom. The summed E-state index contributed by atoms with van der Waals surface area (Å²) in [6, 6.07) is 0. The molecular formula is C11H6F17NO4S. The van der Waals surface area contributed by atoms with Crippen molar-refractivity contribution in [1.29, 1.82) is 0 Å². The second-order valence-corrected chi connectivity index (χ2v) is 8.20. The van der Waals surface area contributed by atoms with Gasteiger partial charge in [0.15, 0.2) is 0 Å². The molecule has 0 aromatic carbocycles. The van der Waals surface area contributed by atoms with E-state index in [9.17, 15) is 87.8 Å². The normalized spacial score (nSPS) is 16.2. The molecule has 0 aliphatic rings. The predicted molar refractivity (Wildman–Crippen MR) is 69.9 cm³/mol. The molecule has 0 heterocycles. The Morgan fingerprint density at radius 3 is 1.15 bits per heavy atom. The predicted octanol–water partition coefficient (Wildman–Crippen LogP) is 4.30. The molecule has 0 saturated heterocycles. The van der Waals surface area contributed by atoms with Gasteiger partial charge in [-0.25, -0.2) is 8.42 Å². The fourth-order valence-electron chi connectivity index (χ4n) is 1.78. The third-order valence-corrected chi connectivity index (χ3v) is 5.64. The molecule has 34 heavy (non-hydrogen) atoms. The molecule has 0 radical (unpaired) electrons. The van der Waals surface area contributed by atoms with Crippen LogP contribution in [0, 0.1) is 0 Å². The van der Waals surface area contributed by atoms with Crippen LogP contribution in [0.25, 0.3) is 0 Å². The summed E-state index contributed by atoms with van der Waals surface area (Å²) in [5.74, 6) is -54.7. The van der Waals surface area contributed by atoms with Crippen molar-refractivity contribution in [3.8, 4) is 0 Å². The molecule has 0 aromatic rings. The zero-order valence-corrected chi connectivity index (χ0v) is 16.0. The van der Waals surface area contributed by atoms with Crippen LogP contribution in [0.15, 0.2) is 0 Å². The van der Waals surface area contributed by atoms with Crippen molar-refractivity contribution in [3.63, 3.8) is 0 Å². The number of carbonyl (C=O) groups is 1. The Labute approximate surface area is 175 Å². The molecule has 0 atom stereocenters. The van der Waals surface area contributed by atoms with Gasteiger partial charge in [-0.15, -0.1) is 0 Å². The summed E-state index contributed by atoms with van der Waals surface area (Å²) in [6.07, 6.45) is -7.92. The summed E-state index contributed by atoms with van der Waals surface area (Å²) in [5.41, 5.74) is 0. The van der Waals surface area contributed by atoms with E-state index in [0.29, 0.717) is 0 Å². The van der Waals surface area contributed by atoms with Crippen molar-refractivity contribution in [1.82, 2.24) is 4.31 Å². The van der Waals surface area contributed by atoms with Gasteiger partial charge in [-0.05, 0) is 0 Å².